The fourth-order valence-electron chi connectivity index (χ4n) is 1.68. The fraction of sp³-hybridized carbons (Fsp3) is 0.385. The van der Waals surface area contributed by atoms with Gasteiger partial charge in [0.25, 0.3) is 0 Å². The summed E-state index contributed by atoms with van der Waals surface area (Å²) in [6.07, 6.45) is 0.940. The van der Waals surface area contributed by atoms with E-state index >= 15 is 0 Å². The zero-order chi connectivity index (χ0) is 12.0. The number of carbonyl (C=O) groups excluding carboxylic acids is 1. The van der Waals surface area contributed by atoms with Crippen molar-refractivity contribution in [1.82, 2.24) is 0 Å². The summed E-state index contributed by atoms with van der Waals surface area (Å²) in [5, 5.41) is 8.57. The predicted molar refractivity (Wildman–Crippen MR) is 61.2 cm³/mol. The molecule has 0 bridgehead atoms. The normalized spacial score (nSPS) is 12.1. The molecule has 1 unspecified atom stereocenters. The van der Waals surface area contributed by atoms with Gasteiger partial charge in [0.1, 0.15) is 12.2 Å². The van der Waals surface area contributed by atoms with Crippen molar-refractivity contribution >= 4 is 11.8 Å². The lowest BCUT2D eigenvalue weighted by molar-refractivity contribution is -0.141. The van der Waals surface area contributed by atoms with Gasteiger partial charge in [-0.1, -0.05) is 37.3 Å². The molecule has 0 radical (unpaired) electrons. The van der Waals surface area contributed by atoms with Gasteiger partial charge >= 0.3 is 5.97 Å². The van der Waals surface area contributed by atoms with Gasteiger partial charge in [0.2, 0.25) is 0 Å². The summed E-state index contributed by atoms with van der Waals surface area (Å²) >= 11 is 0. The Labute approximate surface area is 95.1 Å². The molecular formula is C13H16O3. The van der Waals surface area contributed by atoms with Gasteiger partial charge in [0, 0.05) is 5.92 Å². The van der Waals surface area contributed by atoms with Gasteiger partial charge < -0.3 is 5.11 Å². The minimum absolute atomic E-state index is 0.182. The van der Waals surface area contributed by atoms with Crippen LogP contribution in [0.15, 0.2) is 30.3 Å². The number of aliphatic carboxylic acids is 1. The zero-order valence-corrected chi connectivity index (χ0v) is 9.35. The van der Waals surface area contributed by atoms with Crippen LogP contribution >= 0.6 is 0 Å². The Hall–Kier alpha value is -1.64. The average molecular weight is 220 g/mol. The second kappa shape index (κ2) is 6.05. The number of rotatable bonds is 6. The lowest BCUT2D eigenvalue weighted by Crippen LogP contribution is -2.19. The Morgan fingerprint density at radius 1 is 1.25 bits per heavy atom. The summed E-state index contributed by atoms with van der Waals surface area (Å²) in [6, 6.07) is 9.67. The molecule has 16 heavy (non-hydrogen) atoms. The summed E-state index contributed by atoms with van der Waals surface area (Å²) < 4.78 is 0. The van der Waals surface area contributed by atoms with Crippen LogP contribution in [0.3, 0.4) is 0 Å². The lowest BCUT2D eigenvalue weighted by Gasteiger charge is -2.12. The Bertz CT molecular complexity index is 357. The highest BCUT2D eigenvalue weighted by Gasteiger charge is 2.19. The van der Waals surface area contributed by atoms with E-state index in [9.17, 15) is 9.59 Å². The number of carboxylic acid groups (broad SMARTS) is 1. The number of hydrogen-bond donors (Lipinski definition) is 1. The summed E-state index contributed by atoms with van der Waals surface area (Å²) in [7, 11) is 0. The van der Waals surface area contributed by atoms with E-state index < -0.39 is 5.97 Å². The van der Waals surface area contributed by atoms with Gasteiger partial charge in [-0.25, -0.2) is 0 Å². The van der Waals surface area contributed by atoms with Crippen LogP contribution in [0.25, 0.3) is 0 Å². The highest BCUT2D eigenvalue weighted by molar-refractivity contribution is 5.96. The van der Waals surface area contributed by atoms with Crippen molar-refractivity contribution in [2.75, 3.05) is 0 Å². The minimum Gasteiger partial charge on any atom is -0.481 e. The molecular weight excluding hydrogens is 204 g/mol. The van der Waals surface area contributed by atoms with Crippen LogP contribution in [0.4, 0.5) is 0 Å². The number of Topliss-reactive ketones (excluding diaryl/α,β-unsaturated/α-hetero) is 1. The molecule has 1 rings (SSSR count). The van der Waals surface area contributed by atoms with Crippen molar-refractivity contribution in [2.24, 2.45) is 5.92 Å². The second-order valence-corrected chi connectivity index (χ2v) is 3.83. The third kappa shape index (κ3) is 3.85. The molecule has 3 nitrogen and oxygen atoms in total. The van der Waals surface area contributed by atoms with Crippen LogP contribution in [0, 0.1) is 5.92 Å². The number of benzene rings is 1. The molecule has 3 heteroatoms. The molecule has 0 amide bonds. The smallest absolute Gasteiger partial charge is 0.310 e. The number of hydrogen-bond acceptors (Lipinski definition) is 2. The van der Waals surface area contributed by atoms with Crippen LogP contribution in [-0.2, 0) is 16.0 Å². The molecule has 0 aromatic heterocycles. The summed E-state index contributed by atoms with van der Waals surface area (Å²) in [5.74, 6) is -1.41. The third-order valence-corrected chi connectivity index (χ3v) is 2.60. The Morgan fingerprint density at radius 2 is 1.88 bits per heavy atom. The molecule has 1 aromatic carbocycles. The van der Waals surface area contributed by atoms with E-state index in [1.807, 2.05) is 37.3 Å². The first-order valence-electron chi connectivity index (χ1n) is 5.42. The predicted octanol–water partition coefficient (Wildman–Crippen LogP) is 2.30. The Kier molecular flexibility index (Phi) is 4.70. The molecule has 1 N–H and O–H groups in total. The van der Waals surface area contributed by atoms with Crippen molar-refractivity contribution in [1.29, 1.82) is 0 Å². The molecule has 0 aliphatic carbocycles. The van der Waals surface area contributed by atoms with Crippen molar-refractivity contribution in [3.63, 3.8) is 0 Å². The van der Waals surface area contributed by atoms with Gasteiger partial charge in [0.05, 0.1) is 0 Å². The van der Waals surface area contributed by atoms with Gasteiger partial charge in [-0.2, -0.15) is 0 Å². The van der Waals surface area contributed by atoms with Crippen LogP contribution in [0.2, 0.25) is 0 Å². The molecule has 0 heterocycles. The van der Waals surface area contributed by atoms with E-state index in [-0.39, 0.29) is 18.1 Å². The first kappa shape index (κ1) is 12.4. The van der Waals surface area contributed by atoms with Gasteiger partial charge in [0.15, 0.2) is 0 Å². The van der Waals surface area contributed by atoms with E-state index in [1.54, 1.807) is 0 Å². The summed E-state index contributed by atoms with van der Waals surface area (Å²) in [5.41, 5.74) is 1.08. The molecule has 0 fully saturated rings. The third-order valence-electron chi connectivity index (χ3n) is 2.60. The highest BCUT2D eigenvalue weighted by atomic mass is 16.4. The number of carboxylic acids is 1. The quantitative estimate of drug-likeness (QED) is 0.748. The van der Waals surface area contributed by atoms with Crippen molar-refractivity contribution in [3.8, 4) is 0 Å². The van der Waals surface area contributed by atoms with Gasteiger partial charge in [-0.3, -0.25) is 9.59 Å². The van der Waals surface area contributed by atoms with Crippen LogP contribution in [-0.4, -0.2) is 16.9 Å². The first-order chi connectivity index (χ1) is 7.63. The maximum atomic E-state index is 11.6. The molecule has 0 aliphatic rings. The average Bonchev–Trinajstić information content (AvgIpc) is 2.26. The van der Waals surface area contributed by atoms with Crippen molar-refractivity contribution in [3.05, 3.63) is 35.9 Å². The molecule has 0 saturated heterocycles. The molecule has 0 saturated carbocycles. The Balaban J connectivity index is 2.62. The summed E-state index contributed by atoms with van der Waals surface area (Å²) in [6.45, 7) is 1.91. The zero-order valence-electron chi connectivity index (χ0n) is 9.35. The summed E-state index contributed by atoms with van der Waals surface area (Å²) in [4.78, 5) is 22.1. The molecule has 0 spiro atoms. The lowest BCUT2D eigenvalue weighted by atomic mass is 9.91. The maximum Gasteiger partial charge on any atom is 0.310 e. The molecule has 1 atom stereocenters. The maximum absolute atomic E-state index is 11.6. The van der Waals surface area contributed by atoms with Gasteiger partial charge in [-0.05, 0) is 18.4 Å². The van der Waals surface area contributed by atoms with E-state index in [2.05, 4.69) is 0 Å². The highest BCUT2D eigenvalue weighted by Crippen LogP contribution is 2.14. The SMILES string of the molecule is CCC(Cc1ccccc1)C(=O)CC(=O)O. The topological polar surface area (TPSA) is 54.4 Å². The van der Waals surface area contributed by atoms with Crippen molar-refractivity contribution in [2.45, 2.75) is 26.2 Å². The Morgan fingerprint density at radius 3 is 2.38 bits per heavy atom. The van der Waals surface area contributed by atoms with Crippen LogP contribution < -0.4 is 0 Å². The first-order valence-corrected chi connectivity index (χ1v) is 5.42. The number of ketones is 1. The molecule has 86 valence electrons. The fourth-order valence-corrected chi connectivity index (χ4v) is 1.68. The van der Waals surface area contributed by atoms with E-state index in [4.69, 9.17) is 5.11 Å². The van der Waals surface area contributed by atoms with E-state index in [0.29, 0.717) is 12.8 Å². The largest absolute Gasteiger partial charge is 0.481 e. The standard InChI is InChI=1S/C13H16O3/c1-2-11(12(14)9-13(15)16)8-10-6-4-3-5-7-10/h3-7,11H,2,8-9H2,1H3,(H,15,16). The monoisotopic (exact) mass is 220 g/mol. The van der Waals surface area contributed by atoms with Gasteiger partial charge in [-0.15, -0.1) is 0 Å². The van der Waals surface area contributed by atoms with E-state index in [0.717, 1.165) is 5.56 Å². The molecule has 1 aromatic rings. The second-order valence-electron chi connectivity index (χ2n) is 3.83. The van der Waals surface area contributed by atoms with Crippen molar-refractivity contribution < 1.29 is 14.7 Å². The van der Waals surface area contributed by atoms with Crippen LogP contribution in [0.5, 0.6) is 0 Å². The van der Waals surface area contributed by atoms with E-state index in [1.165, 1.54) is 0 Å². The van der Waals surface area contributed by atoms with Crippen LogP contribution in [0.1, 0.15) is 25.3 Å². The minimum atomic E-state index is -1.04. The molecule has 0 aliphatic heterocycles. The number of carbonyl (C=O) groups is 2.